The van der Waals surface area contributed by atoms with Gasteiger partial charge in [-0.3, -0.25) is 4.79 Å². The lowest BCUT2D eigenvalue weighted by atomic mass is 9.44. The summed E-state index contributed by atoms with van der Waals surface area (Å²) < 4.78 is 18.1. The zero-order valence-electron chi connectivity index (χ0n) is 22.9. The summed E-state index contributed by atoms with van der Waals surface area (Å²) in [6, 6.07) is 8.28. The molecule has 1 aliphatic heterocycles. The van der Waals surface area contributed by atoms with Gasteiger partial charge in [0.15, 0.2) is 5.78 Å². The number of ether oxygens (including phenoxy) is 3. The van der Waals surface area contributed by atoms with Crippen molar-refractivity contribution in [1.29, 1.82) is 0 Å². The van der Waals surface area contributed by atoms with Gasteiger partial charge in [-0.2, -0.15) is 0 Å². The van der Waals surface area contributed by atoms with Crippen LogP contribution in [0.5, 0.6) is 0 Å². The molecule has 39 heavy (non-hydrogen) atoms. The molecular formula is C29H38O9S. The fourth-order valence-corrected chi connectivity index (χ4v) is 7.94. The minimum atomic E-state index is -1.98. The summed E-state index contributed by atoms with van der Waals surface area (Å²) in [6.07, 6.45) is -4.09. The molecule has 1 aromatic carbocycles. The quantitative estimate of drug-likeness (QED) is 0.239. The van der Waals surface area contributed by atoms with Crippen molar-refractivity contribution in [3.63, 3.8) is 0 Å². The minimum absolute atomic E-state index is 0.142. The molecule has 4 aliphatic rings. The second-order valence-corrected chi connectivity index (χ2v) is 13.0. The van der Waals surface area contributed by atoms with Crippen molar-refractivity contribution in [3.05, 3.63) is 47.0 Å². The van der Waals surface area contributed by atoms with Crippen LogP contribution >= 0.6 is 11.8 Å². The van der Waals surface area contributed by atoms with E-state index in [9.17, 15) is 30.0 Å². The number of benzene rings is 1. The van der Waals surface area contributed by atoms with Gasteiger partial charge in [-0.05, 0) is 43.4 Å². The van der Waals surface area contributed by atoms with Gasteiger partial charge in [-0.25, -0.2) is 4.79 Å². The number of carbonyl (C=O) groups is 2. The van der Waals surface area contributed by atoms with Gasteiger partial charge in [0.2, 0.25) is 0 Å². The Kier molecular flexibility index (Phi) is 7.11. The Morgan fingerprint density at radius 3 is 2.41 bits per heavy atom. The lowest BCUT2D eigenvalue weighted by molar-refractivity contribution is -0.345. The molecule has 1 aromatic rings. The Morgan fingerprint density at radius 1 is 1.15 bits per heavy atom. The van der Waals surface area contributed by atoms with Gasteiger partial charge in [-0.15, -0.1) is 11.8 Å². The van der Waals surface area contributed by atoms with Gasteiger partial charge < -0.3 is 34.6 Å². The SMILES string of the molecule is CSCOC1CC2OC[C@@]2(O)C2C(OC(=O)c3ccccc3)C3(O)CC(O)C(C)=C(C(O)C(=O)[C@]12C)C3(C)C. The number of esters is 1. The van der Waals surface area contributed by atoms with Crippen LogP contribution in [-0.4, -0.2) is 92.7 Å². The van der Waals surface area contributed by atoms with Crippen LogP contribution < -0.4 is 0 Å². The number of hydrogen-bond acceptors (Lipinski definition) is 10. The maximum Gasteiger partial charge on any atom is 0.338 e. The summed E-state index contributed by atoms with van der Waals surface area (Å²) in [6.45, 7) is 6.45. The normalized spacial score (nSPS) is 42.9. The molecule has 4 N–H and O–H groups in total. The van der Waals surface area contributed by atoms with E-state index < -0.39 is 70.2 Å². The van der Waals surface area contributed by atoms with Crippen LogP contribution in [0, 0.1) is 16.7 Å². The third-order valence-electron chi connectivity index (χ3n) is 10.00. The second-order valence-electron chi connectivity index (χ2n) is 12.2. The van der Waals surface area contributed by atoms with Gasteiger partial charge in [0.1, 0.15) is 23.4 Å². The van der Waals surface area contributed by atoms with E-state index in [4.69, 9.17) is 14.2 Å². The molecule has 10 heteroatoms. The first-order valence-electron chi connectivity index (χ1n) is 13.3. The zero-order chi connectivity index (χ0) is 28.5. The molecule has 0 amide bonds. The highest BCUT2D eigenvalue weighted by Gasteiger charge is 2.76. The molecule has 1 heterocycles. The van der Waals surface area contributed by atoms with Crippen molar-refractivity contribution in [2.75, 3.05) is 18.8 Å². The lowest BCUT2D eigenvalue weighted by Gasteiger charge is -2.67. The number of thioether (sulfide) groups is 1. The highest BCUT2D eigenvalue weighted by atomic mass is 32.2. The molecule has 0 radical (unpaired) electrons. The van der Waals surface area contributed by atoms with E-state index in [0.29, 0.717) is 5.57 Å². The molecule has 214 valence electrons. The van der Waals surface area contributed by atoms with Crippen molar-refractivity contribution in [3.8, 4) is 0 Å². The van der Waals surface area contributed by atoms with Crippen LogP contribution in [0.25, 0.3) is 0 Å². The highest BCUT2D eigenvalue weighted by Crippen LogP contribution is 2.63. The van der Waals surface area contributed by atoms with Crippen LogP contribution in [0.1, 0.15) is 50.9 Å². The Balaban J connectivity index is 1.77. The van der Waals surface area contributed by atoms with Crippen LogP contribution in [0.4, 0.5) is 0 Å². The van der Waals surface area contributed by atoms with E-state index in [-0.39, 0.29) is 36.5 Å². The predicted octanol–water partition coefficient (Wildman–Crippen LogP) is 1.86. The summed E-state index contributed by atoms with van der Waals surface area (Å²) >= 11 is 1.41. The number of aliphatic hydroxyl groups is 4. The number of Topliss-reactive ketones (excluding diaryl/α,β-unsaturated/α-hetero) is 1. The molecule has 3 fully saturated rings. The van der Waals surface area contributed by atoms with E-state index >= 15 is 0 Å². The second kappa shape index (κ2) is 9.65. The standard InChI is InChI=1S/C29H38O9S/c1-15-17(30)12-29(35)24(38-25(33)16-9-7-6-8-10-16)22-27(4,23(32)21(31)20(15)26(29,2)3)18(37-14-39-5)11-19-28(22,34)13-36-19/h6-10,17-19,21-22,24,30-31,34-35H,11-14H2,1-5H3/t17?,18?,19?,21?,22?,24?,27-,28+,29?/m1/s1. The number of hydrogen-bond donors (Lipinski definition) is 4. The molecule has 9 atom stereocenters. The van der Waals surface area contributed by atoms with Crippen molar-refractivity contribution in [2.45, 2.75) is 82.3 Å². The zero-order valence-corrected chi connectivity index (χ0v) is 23.7. The summed E-state index contributed by atoms with van der Waals surface area (Å²) in [5.74, 6) is -2.32. The Morgan fingerprint density at radius 2 is 1.82 bits per heavy atom. The fraction of sp³-hybridized carbons (Fsp3) is 0.655. The summed E-state index contributed by atoms with van der Waals surface area (Å²) in [5, 5.41) is 47.5. The lowest BCUT2D eigenvalue weighted by Crippen LogP contribution is -2.81. The highest BCUT2D eigenvalue weighted by molar-refractivity contribution is 7.98. The molecule has 2 bridgehead atoms. The number of rotatable bonds is 5. The van der Waals surface area contributed by atoms with E-state index in [1.165, 1.54) is 11.8 Å². The number of carbonyl (C=O) groups excluding carboxylic acids is 2. The summed E-state index contributed by atoms with van der Waals surface area (Å²) in [7, 11) is 0. The first-order chi connectivity index (χ1) is 18.2. The van der Waals surface area contributed by atoms with Crippen molar-refractivity contribution >= 4 is 23.5 Å². The molecule has 5 rings (SSSR count). The first-order valence-corrected chi connectivity index (χ1v) is 14.7. The molecular weight excluding hydrogens is 524 g/mol. The topological polar surface area (TPSA) is 143 Å². The third-order valence-corrected chi connectivity index (χ3v) is 10.4. The van der Waals surface area contributed by atoms with Crippen molar-refractivity contribution in [1.82, 2.24) is 0 Å². The maximum atomic E-state index is 14.5. The number of aliphatic hydroxyl groups excluding tert-OH is 2. The van der Waals surface area contributed by atoms with Gasteiger partial charge in [0.05, 0.1) is 41.8 Å². The fourth-order valence-electron chi connectivity index (χ4n) is 7.64. The monoisotopic (exact) mass is 562 g/mol. The smallest absolute Gasteiger partial charge is 0.338 e. The maximum absolute atomic E-state index is 14.5. The van der Waals surface area contributed by atoms with Gasteiger partial charge in [0, 0.05) is 24.2 Å². The number of ketones is 1. The molecule has 9 nitrogen and oxygen atoms in total. The Labute approximate surface area is 232 Å². The first kappa shape index (κ1) is 28.7. The van der Waals surface area contributed by atoms with Crippen LogP contribution in [-0.2, 0) is 19.0 Å². The van der Waals surface area contributed by atoms with Crippen LogP contribution in [0.2, 0.25) is 0 Å². The minimum Gasteiger partial charge on any atom is -0.455 e. The van der Waals surface area contributed by atoms with Crippen molar-refractivity contribution < 1.29 is 44.2 Å². The Hall–Kier alpha value is -1.79. The largest absolute Gasteiger partial charge is 0.455 e. The van der Waals surface area contributed by atoms with Crippen molar-refractivity contribution in [2.24, 2.45) is 16.7 Å². The van der Waals surface area contributed by atoms with E-state index in [0.717, 1.165) is 0 Å². The average Bonchev–Trinajstić information content (AvgIpc) is 2.89. The van der Waals surface area contributed by atoms with E-state index in [2.05, 4.69) is 0 Å². The molecule has 1 saturated heterocycles. The molecule has 0 aromatic heterocycles. The van der Waals surface area contributed by atoms with E-state index in [1.54, 1.807) is 58.0 Å². The predicted molar refractivity (Wildman–Crippen MR) is 143 cm³/mol. The Bertz CT molecular complexity index is 1180. The van der Waals surface area contributed by atoms with Gasteiger partial charge >= 0.3 is 5.97 Å². The summed E-state index contributed by atoms with van der Waals surface area (Å²) in [4.78, 5) is 28.0. The number of fused-ring (bicyclic) bond motifs is 5. The molecule has 0 spiro atoms. The average molecular weight is 563 g/mol. The molecule has 7 unspecified atom stereocenters. The van der Waals surface area contributed by atoms with Gasteiger partial charge in [0.25, 0.3) is 0 Å². The van der Waals surface area contributed by atoms with Crippen LogP contribution in [0.15, 0.2) is 41.5 Å². The van der Waals surface area contributed by atoms with E-state index in [1.807, 2.05) is 6.26 Å². The third kappa shape index (κ3) is 3.90. The van der Waals surface area contributed by atoms with Crippen LogP contribution in [0.3, 0.4) is 0 Å². The van der Waals surface area contributed by atoms with Gasteiger partial charge in [-0.1, -0.05) is 32.0 Å². The molecule has 2 saturated carbocycles. The summed E-state index contributed by atoms with van der Waals surface area (Å²) in [5.41, 5.74) is -5.72. The molecule has 3 aliphatic carbocycles.